The number of aliphatic hydroxyl groups is 1. The maximum Gasteiger partial charge on any atom is 0.121 e. The van der Waals surface area contributed by atoms with E-state index < -0.39 is 6.10 Å². The van der Waals surface area contributed by atoms with Crippen molar-refractivity contribution in [3.05, 3.63) is 28.0 Å². The van der Waals surface area contributed by atoms with Crippen molar-refractivity contribution < 1.29 is 9.84 Å². The third-order valence-corrected chi connectivity index (χ3v) is 2.29. The molecule has 84 valence electrons. The molecular formula is C10H13Cl2NO2. The summed E-state index contributed by atoms with van der Waals surface area (Å²) in [7, 11) is 0. The van der Waals surface area contributed by atoms with Crippen molar-refractivity contribution in [2.75, 3.05) is 13.2 Å². The average molecular weight is 250 g/mol. The first kappa shape index (κ1) is 12.7. The lowest BCUT2D eigenvalue weighted by Crippen LogP contribution is -2.10. The van der Waals surface area contributed by atoms with Gasteiger partial charge in [-0.05, 0) is 12.5 Å². The van der Waals surface area contributed by atoms with Gasteiger partial charge in [-0.3, -0.25) is 4.98 Å². The molecular weight excluding hydrogens is 237 g/mol. The molecule has 0 saturated carbocycles. The SMILES string of the molecule is CCCOCC(O)c1ncc(Cl)cc1Cl. The van der Waals surface area contributed by atoms with Gasteiger partial charge in [0.15, 0.2) is 0 Å². The van der Waals surface area contributed by atoms with E-state index in [0.29, 0.717) is 22.3 Å². The molecule has 0 spiro atoms. The number of nitrogens with zero attached hydrogens (tertiary/aromatic N) is 1. The number of aliphatic hydroxyl groups excluding tert-OH is 1. The number of ether oxygens (including phenoxy) is 1. The minimum atomic E-state index is -0.804. The Balaban J connectivity index is 2.61. The fourth-order valence-electron chi connectivity index (χ4n) is 1.09. The van der Waals surface area contributed by atoms with E-state index in [1.807, 2.05) is 6.92 Å². The second kappa shape index (κ2) is 6.28. The maximum atomic E-state index is 9.70. The summed E-state index contributed by atoms with van der Waals surface area (Å²) in [5, 5.41) is 10.5. The molecule has 1 atom stereocenters. The van der Waals surface area contributed by atoms with Crippen LogP contribution >= 0.6 is 23.2 Å². The molecule has 0 saturated heterocycles. The van der Waals surface area contributed by atoms with Crippen LogP contribution in [0.25, 0.3) is 0 Å². The molecule has 0 bridgehead atoms. The predicted molar refractivity (Wildman–Crippen MR) is 60.3 cm³/mol. The summed E-state index contributed by atoms with van der Waals surface area (Å²) < 4.78 is 5.20. The zero-order valence-corrected chi connectivity index (χ0v) is 9.92. The fourth-order valence-corrected chi connectivity index (χ4v) is 1.59. The van der Waals surface area contributed by atoms with Crippen LogP contribution in [0.5, 0.6) is 0 Å². The molecule has 15 heavy (non-hydrogen) atoms. The summed E-state index contributed by atoms with van der Waals surface area (Å²) in [5.41, 5.74) is 0.400. The summed E-state index contributed by atoms with van der Waals surface area (Å²) in [5.74, 6) is 0. The minimum absolute atomic E-state index is 0.197. The monoisotopic (exact) mass is 249 g/mol. The lowest BCUT2D eigenvalue weighted by molar-refractivity contribution is 0.0343. The standard InChI is InChI=1S/C10H13Cl2NO2/c1-2-3-15-6-9(14)10-8(12)4-7(11)5-13-10/h4-5,9,14H,2-3,6H2,1H3. The lowest BCUT2D eigenvalue weighted by Gasteiger charge is -2.11. The molecule has 0 aliphatic rings. The van der Waals surface area contributed by atoms with Crippen LogP contribution in [-0.2, 0) is 4.74 Å². The Morgan fingerprint density at radius 1 is 1.53 bits per heavy atom. The molecule has 1 heterocycles. The van der Waals surface area contributed by atoms with Crippen LogP contribution in [0.1, 0.15) is 25.1 Å². The second-order valence-electron chi connectivity index (χ2n) is 3.11. The molecule has 0 aliphatic carbocycles. The van der Waals surface area contributed by atoms with E-state index >= 15 is 0 Å². The van der Waals surface area contributed by atoms with Gasteiger partial charge in [0.2, 0.25) is 0 Å². The smallest absolute Gasteiger partial charge is 0.121 e. The molecule has 3 nitrogen and oxygen atoms in total. The van der Waals surface area contributed by atoms with E-state index in [1.54, 1.807) is 6.07 Å². The Hall–Kier alpha value is -0.350. The van der Waals surface area contributed by atoms with Crippen LogP contribution in [0.2, 0.25) is 10.0 Å². The Morgan fingerprint density at radius 3 is 2.87 bits per heavy atom. The summed E-state index contributed by atoms with van der Waals surface area (Å²) in [6, 6.07) is 1.55. The van der Waals surface area contributed by atoms with Crippen molar-refractivity contribution in [2.45, 2.75) is 19.4 Å². The Kier molecular flexibility index (Phi) is 5.32. The zero-order valence-electron chi connectivity index (χ0n) is 8.41. The number of pyridine rings is 1. The first-order valence-corrected chi connectivity index (χ1v) is 5.47. The summed E-state index contributed by atoms with van der Waals surface area (Å²) in [6.07, 6.45) is 1.56. The summed E-state index contributed by atoms with van der Waals surface area (Å²) in [6.45, 7) is 2.81. The Bertz CT molecular complexity index is 320. The molecule has 5 heteroatoms. The molecule has 0 fully saturated rings. The number of halogens is 2. The van der Waals surface area contributed by atoms with Crippen LogP contribution in [0.4, 0.5) is 0 Å². The van der Waals surface area contributed by atoms with Gasteiger partial charge in [0.05, 0.1) is 22.3 Å². The molecule has 0 radical (unpaired) electrons. The first-order chi connectivity index (χ1) is 7.15. The van der Waals surface area contributed by atoms with Crippen LogP contribution in [0.15, 0.2) is 12.3 Å². The van der Waals surface area contributed by atoms with Gasteiger partial charge < -0.3 is 9.84 Å². The van der Waals surface area contributed by atoms with Gasteiger partial charge in [0.25, 0.3) is 0 Å². The molecule has 0 amide bonds. The van der Waals surface area contributed by atoms with Gasteiger partial charge in [-0.15, -0.1) is 0 Å². The predicted octanol–water partition coefficient (Wildman–Crippen LogP) is 2.85. The third kappa shape index (κ3) is 3.95. The number of aromatic nitrogens is 1. The lowest BCUT2D eigenvalue weighted by atomic mass is 10.2. The van der Waals surface area contributed by atoms with E-state index in [0.717, 1.165) is 6.42 Å². The molecule has 1 unspecified atom stereocenters. The van der Waals surface area contributed by atoms with Crippen LogP contribution in [0.3, 0.4) is 0 Å². The van der Waals surface area contributed by atoms with Crippen LogP contribution in [-0.4, -0.2) is 23.3 Å². The molecule has 0 aromatic carbocycles. The molecule has 1 aromatic rings. The van der Waals surface area contributed by atoms with Gasteiger partial charge in [0.1, 0.15) is 6.10 Å². The highest BCUT2D eigenvalue weighted by atomic mass is 35.5. The molecule has 1 rings (SSSR count). The zero-order chi connectivity index (χ0) is 11.3. The first-order valence-electron chi connectivity index (χ1n) is 4.72. The normalized spacial score (nSPS) is 12.8. The maximum absolute atomic E-state index is 9.70. The van der Waals surface area contributed by atoms with Gasteiger partial charge in [-0.1, -0.05) is 30.1 Å². The van der Waals surface area contributed by atoms with Crippen LogP contribution < -0.4 is 0 Å². The number of hydrogen-bond acceptors (Lipinski definition) is 3. The van der Waals surface area contributed by atoms with Gasteiger partial charge >= 0.3 is 0 Å². The topological polar surface area (TPSA) is 42.4 Å². The van der Waals surface area contributed by atoms with Crippen molar-refractivity contribution in [3.63, 3.8) is 0 Å². The quantitative estimate of drug-likeness (QED) is 0.817. The summed E-state index contributed by atoms with van der Waals surface area (Å²) in [4.78, 5) is 3.96. The third-order valence-electron chi connectivity index (χ3n) is 1.78. The van der Waals surface area contributed by atoms with E-state index in [1.165, 1.54) is 6.20 Å². The van der Waals surface area contributed by atoms with E-state index in [2.05, 4.69) is 4.98 Å². The highest BCUT2D eigenvalue weighted by molar-refractivity contribution is 6.34. The molecule has 1 N–H and O–H groups in total. The van der Waals surface area contributed by atoms with E-state index in [-0.39, 0.29) is 6.61 Å². The van der Waals surface area contributed by atoms with Crippen molar-refractivity contribution >= 4 is 23.2 Å². The van der Waals surface area contributed by atoms with Gasteiger partial charge in [-0.2, -0.15) is 0 Å². The molecule has 0 aliphatic heterocycles. The van der Waals surface area contributed by atoms with Crippen molar-refractivity contribution in [1.29, 1.82) is 0 Å². The van der Waals surface area contributed by atoms with Crippen molar-refractivity contribution in [1.82, 2.24) is 4.98 Å². The van der Waals surface area contributed by atoms with E-state index in [9.17, 15) is 5.11 Å². The van der Waals surface area contributed by atoms with Crippen molar-refractivity contribution in [2.24, 2.45) is 0 Å². The van der Waals surface area contributed by atoms with Gasteiger partial charge in [0, 0.05) is 12.8 Å². The summed E-state index contributed by atoms with van der Waals surface area (Å²) >= 11 is 11.6. The highest BCUT2D eigenvalue weighted by Crippen LogP contribution is 2.23. The second-order valence-corrected chi connectivity index (χ2v) is 3.95. The number of hydrogen-bond donors (Lipinski definition) is 1. The Labute approximate surface area is 99.0 Å². The van der Waals surface area contributed by atoms with E-state index in [4.69, 9.17) is 27.9 Å². The fraction of sp³-hybridized carbons (Fsp3) is 0.500. The highest BCUT2D eigenvalue weighted by Gasteiger charge is 2.13. The number of rotatable bonds is 5. The van der Waals surface area contributed by atoms with Crippen LogP contribution in [0, 0.1) is 0 Å². The largest absolute Gasteiger partial charge is 0.384 e. The average Bonchev–Trinajstić information content (AvgIpc) is 2.17. The minimum Gasteiger partial charge on any atom is -0.384 e. The van der Waals surface area contributed by atoms with Gasteiger partial charge in [-0.25, -0.2) is 0 Å². The molecule has 1 aromatic heterocycles. The van der Waals surface area contributed by atoms with Crippen molar-refractivity contribution in [3.8, 4) is 0 Å². The Morgan fingerprint density at radius 2 is 2.27 bits per heavy atom.